The van der Waals surface area contributed by atoms with Crippen LogP contribution in [0.25, 0.3) is 11.5 Å². The molecule has 1 aliphatic heterocycles. The van der Waals surface area contributed by atoms with E-state index in [-0.39, 0.29) is 11.9 Å². The standard InChI is InChI=1S/C18H22N4O2/c1-12-19-18(24-21-12)14-4-2-13(3-5-14)17(23)20-15-8-10-22(11-9-15)16-6-7-16/h2-5,15-16H,6-11H2,1H3,(H,20,23). The van der Waals surface area contributed by atoms with Crippen LogP contribution in [0.2, 0.25) is 0 Å². The Labute approximate surface area is 141 Å². The maximum Gasteiger partial charge on any atom is 0.257 e. The van der Waals surface area contributed by atoms with Crippen molar-refractivity contribution in [3.8, 4) is 11.5 Å². The van der Waals surface area contributed by atoms with Gasteiger partial charge in [-0.1, -0.05) is 5.16 Å². The van der Waals surface area contributed by atoms with Crippen molar-refractivity contribution in [2.45, 2.75) is 44.7 Å². The Balaban J connectivity index is 1.34. The summed E-state index contributed by atoms with van der Waals surface area (Å²) >= 11 is 0. The molecule has 126 valence electrons. The van der Waals surface area contributed by atoms with Gasteiger partial charge in [-0.3, -0.25) is 4.79 Å². The molecule has 1 N–H and O–H groups in total. The third kappa shape index (κ3) is 3.33. The van der Waals surface area contributed by atoms with Gasteiger partial charge in [-0.2, -0.15) is 4.98 Å². The summed E-state index contributed by atoms with van der Waals surface area (Å²) in [5.41, 5.74) is 1.49. The average molecular weight is 326 g/mol. The lowest BCUT2D eigenvalue weighted by Gasteiger charge is -2.32. The summed E-state index contributed by atoms with van der Waals surface area (Å²) in [7, 11) is 0. The zero-order chi connectivity index (χ0) is 16.5. The molecule has 6 nitrogen and oxygen atoms in total. The summed E-state index contributed by atoms with van der Waals surface area (Å²) in [6, 6.07) is 8.41. The summed E-state index contributed by atoms with van der Waals surface area (Å²) in [6.07, 6.45) is 4.79. The number of carbonyl (C=O) groups excluding carboxylic acids is 1. The first kappa shape index (κ1) is 15.3. The van der Waals surface area contributed by atoms with Gasteiger partial charge in [-0.05, 0) is 56.9 Å². The molecule has 6 heteroatoms. The number of rotatable bonds is 4. The SMILES string of the molecule is Cc1noc(-c2ccc(C(=O)NC3CCN(C4CC4)CC3)cc2)n1. The van der Waals surface area contributed by atoms with Gasteiger partial charge in [0, 0.05) is 36.3 Å². The molecule has 0 radical (unpaired) electrons. The highest BCUT2D eigenvalue weighted by Crippen LogP contribution is 2.29. The number of carbonyl (C=O) groups is 1. The largest absolute Gasteiger partial charge is 0.349 e. The fourth-order valence-corrected chi connectivity index (χ4v) is 3.30. The minimum Gasteiger partial charge on any atom is -0.349 e. The summed E-state index contributed by atoms with van der Waals surface area (Å²) in [5.74, 6) is 1.07. The number of aryl methyl sites for hydroxylation is 1. The van der Waals surface area contributed by atoms with E-state index in [0.29, 0.717) is 17.3 Å². The van der Waals surface area contributed by atoms with E-state index < -0.39 is 0 Å². The van der Waals surface area contributed by atoms with E-state index in [4.69, 9.17) is 4.52 Å². The van der Waals surface area contributed by atoms with Gasteiger partial charge in [-0.15, -0.1) is 0 Å². The average Bonchev–Trinajstić information content (AvgIpc) is 3.37. The van der Waals surface area contributed by atoms with Gasteiger partial charge in [0.2, 0.25) is 0 Å². The van der Waals surface area contributed by atoms with Crippen LogP contribution in [-0.4, -0.2) is 46.1 Å². The second kappa shape index (κ2) is 6.36. The molecule has 1 aromatic heterocycles. The highest BCUT2D eigenvalue weighted by molar-refractivity contribution is 5.94. The van der Waals surface area contributed by atoms with Crippen LogP contribution in [0.3, 0.4) is 0 Å². The fourth-order valence-electron chi connectivity index (χ4n) is 3.30. The second-order valence-corrected chi connectivity index (χ2v) is 6.74. The van der Waals surface area contributed by atoms with Gasteiger partial charge in [0.1, 0.15) is 0 Å². The van der Waals surface area contributed by atoms with Crippen molar-refractivity contribution in [2.75, 3.05) is 13.1 Å². The lowest BCUT2D eigenvalue weighted by atomic mass is 10.0. The Morgan fingerprint density at radius 2 is 1.88 bits per heavy atom. The van der Waals surface area contributed by atoms with Gasteiger partial charge in [-0.25, -0.2) is 0 Å². The van der Waals surface area contributed by atoms with Crippen LogP contribution in [0.15, 0.2) is 28.8 Å². The lowest BCUT2D eigenvalue weighted by molar-refractivity contribution is 0.0909. The molecule has 2 aliphatic rings. The maximum atomic E-state index is 12.4. The van der Waals surface area contributed by atoms with Crippen LogP contribution in [0, 0.1) is 6.92 Å². The molecule has 1 amide bonds. The smallest absolute Gasteiger partial charge is 0.257 e. The first-order valence-corrected chi connectivity index (χ1v) is 8.65. The summed E-state index contributed by atoms with van der Waals surface area (Å²) in [4.78, 5) is 19.2. The topological polar surface area (TPSA) is 71.3 Å². The van der Waals surface area contributed by atoms with E-state index in [1.54, 1.807) is 6.92 Å². The highest BCUT2D eigenvalue weighted by Gasteiger charge is 2.32. The van der Waals surface area contributed by atoms with Crippen molar-refractivity contribution in [3.63, 3.8) is 0 Å². The minimum absolute atomic E-state index is 0.00636. The predicted molar refractivity (Wildman–Crippen MR) is 89.6 cm³/mol. The molecule has 4 rings (SSSR count). The van der Waals surface area contributed by atoms with Gasteiger partial charge in [0.05, 0.1) is 0 Å². The quantitative estimate of drug-likeness (QED) is 0.934. The number of nitrogens with zero attached hydrogens (tertiary/aromatic N) is 3. The van der Waals surface area contributed by atoms with Crippen molar-refractivity contribution in [3.05, 3.63) is 35.7 Å². The molecule has 0 atom stereocenters. The monoisotopic (exact) mass is 326 g/mol. The summed E-state index contributed by atoms with van der Waals surface area (Å²) in [5, 5.41) is 6.94. The molecule has 2 heterocycles. The number of likely N-dealkylation sites (tertiary alicyclic amines) is 1. The molecule has 0 spiro atoms. The van der Waals surface area contributed by atoms with E-state index in [1.807, 2.05) is 24.3 Å². The molecule has 1 aliphatic carbocycles. The Bertz CT molecular complexity index is 713. The molecular weight excluding hydrogens is 304 g/mol. The zero-order valence-corrected chi connectivity index (χ0v) is 13.9. The second-order valence-electron chi connectivity index (χ2n) is 6.74. The van der Waals surface area contributed by atoms with Crippen LogP contribution in [0.1, 0.15) is 41.9 Å². The van der Waals surface area contributed by atoms with Crippen LogP contribution < -0.4 is 5.32 Å². The van der Waals surface area contributed by atoms with Gasteiger partial charge in [0.15, 0.2) is 5.82 Å². The molecule has 1 saturated heterocycles. The van der Waals surface area contributed by atoms with Crippen molar-refractivity contribution in [1.82, 2.24) is 20.4 Å². The van der Waals surface area contributed by atoms with Crippen molar-refractivity contribution in [1.29, 1.82) is 0 Å². The molecule has 0 bridgehead atoms. The first-order valence-electron chi connectivity index (χ1n) is 8.65. The Kier molecular flexibility index (Phi) is 4.06. The number of aromatic nitrogens is 2. The van der Waals surface area contributed by atoms with Gasteiger partial charge < -0.3 is 14.7 Å². The summed E-state index contributed by atoms with van der Waals surface area (Å²) < 4.78 is 5.14. The van der Waals surface area contributed by atoms with E-state index in [2.05, 4.69) is 20.4 Å². The predicted octanol–water partition coefficient (Wildman–Crippen LogP) is 2.40. The van der Waals surface area contributed by atoms with Gasteiger partial charge >= 0.3 is 0 Å². The van der Waals surface area contributed by atoms with Gasteiger partial charge in [0.25, 0.3) is 11.8 Å². The van der Waals surface area contributed by atoms with Crippen molar-refractivity contribution in [2.24, 2.45) is 0 Å². The van der Waals surface area contributed by atoms with Crippen LogP contribution in [0.5, 0.6) is 0 Å². The Hall–Kier alpha value is -2.21. The fraction of sp³-hybridized carbons (Fsp3) is 0.500. The number of hydrogen-bond donors (Lipinski definition) is 1. The van der Waals surface area contributed by atoms with Crippen molar-refractivity contribution >= 4 is 5.91 Å². The highest BCUT2D eigenvalue weighted by atomic mass is 16.5. The van der Waals surface area contributed by atoms with Crippen LogP contribution in [0.4, 0.5) is 0 Å². The molecular formula is C18H22N4O2. The number of piperidine rings is 1. The maximum absolute atomic E-state index is 12.4. The Morgan fingerprint density at radius 1 is 1.17 bits per heavy atom. The van der Waals surface area contributed by atoms with Crippen LogP contribution >= 0.6 is 0 Å². The number of amides is 1. The number of hydrogen-bond acceptors (Lipinski definition) is 5. The minimum atomic E-state index is -0.00636. The van der Waals surface area contributed by atoms with E-state index in [1.165, 1.54) is 12.8 Å². The first-order chi connectivity index (χ1) is 11.7. The third-order valence-corrected chi connectivity index (χ3v) is 4.85. The number of benzene rings is 1. The zero-order valence-electron chi connectivity index (χ0n) is 13.9. The van der Waals surface area contributed by atoms with E-state index in [9.17, 15) is 4.79 Å². The van der Waals surface area contributed by atoms with Crippen LogP contribution in [-0.2, 0) is 0 Å². The van der Waals surface area contributed by atoms with E-state index in [0.717, 1.165) is 37.5 Å². The number of nitrogens with one attached hydrogen (secondary N) is 1. The Morgan fingerprint density at radius 3 is 2.46 bits per heavy atom. The molecule has 24 heavy (non-hydrogen) atoms. The lowest BCUT2D eigenvalue weighted by Crippen LogP contribution is -2.45. The third-order valence-electron chi connectivity index (χ3n) is 4.85. The van der Waals surface area contributed by atoms with Crippen molar-refractivity contribution < 1.29 is 9.32 Å². The summed E-state index contributed by atoms with van der Waals surface area (Å²) in [6.45, 7) is 3.99. The normalized spacial score (nSPS) is 19.4. The molecule has 2 fully saturated rings. The molecule has 1 saturated carbocycles. The molecule has 0 unspecified atom stereocenters. The van der Waals surface area contributed by atoms with E-state index >= 15 is 0 Å². The molecule has 1 aromatic carbocycles. The molecule has 2 aromatic rings.